The van der Waals surface area contributed by atoms with Crippen LogP contribution in [0.2, 0.25) is 5.02 Å². The lowest BCUT2D eigenvalue weighted by Gasteiger charge is -2.07. The summed E-state index contributed by atoms with van der Waals surface area (Å²) in [5.41, 5.74) is 2.94. The standard InChI is InChI=1S/C18H18ClN3O/c19-15-6-1-13(2-7-15)3-10-17(23)22-16-8-4-14(5-9-16)18-20-11-12-21-18/h1-2,4-9H,3,10-12H2,(H,20,21)(H,22,23). The van der Waals surface area contributed by atoms with Gasteiger partial charge in [-0.25, -0.2) is 0 Å². The molecule has 1 heterocycles. The van der Waals surface area contributed by atoms with Crippen LogP contribution in [0.4, 0.5) is 5.69 Å². The molecule has 118 valence electrons. The number of rotatable bonds is 5. The first-order chi connectivity index (χ1) is 11.2. The molecule has 3 rings (SSSR count). The zero-order valence-corrected chi connectivity index (χ0v) is 13.4. The number of nitrogens with zero attached hydrogens (tertiary/aromatic N) is 1. The molecular formula is C18H18ClN3O. The molecule has 0 saturated heterocycles. The van der Waals surface area contributed by atoms with Crippen molar-refractivity contribution in [2.75, 3.05) is 18.4 Å². The Labute approximate surface area is 140 Å². The molecule has 1 aliphatic rings. The van der Waals surface area contributed by atoms with E-state index in [0.29, 0.717) is 17.9 Å². The van der Waals surface area contributed by atoms with Crippen molar-refractivity contribution in [3.05, 3.63) is 64.7 Å². The second kappa shape index (κ2) is 7.29. The van der Waals surface area contributed by atoms with Crippen molar-refractivity contribution < 1.29 is 4.79 Å². The molecule has 5 heteroatoms. The number of benzene rings is 2. The van der Waals surface area contributed by atoms with Crippen LogP contribution in [0.15, 0.2) is 53.5 Å². The summed E-state index contributed by atoms with van der Waals surface area (Å²) in [6, 6.07) is 15.3. The zero-order valence-electron chi connectivity index (χ0n) is 12.7. The van der Waals surface area contributed by atoms with Gasteiger partial charge >= 0.3 is 0 Å². The van der Waals surface area contributed by atoms with E-state index in [0.717, 1.165) is 35.7 Å². The van der Waals surface area contributed by atoms with Gasteiger partial charge in [0.05, 0.1) is 6.54 Å². The molecule has 0 fully saturated rings. The number of carbonyl (C=O) groups is 1. The van der Waals surface area contributed by atoms with Gasteiger partial charge in [0.2, 0.25) is 5.91 Å². The predicted octanol–water partition coefficient (Wildman–Crippen LogP) is 3.26. The van der Waals surface area contributed by atoms with E-state index in [-0.39, 0.29) is 5.91 Å². The Hall–Kier alpha value is -2.33. The quantitative estimate of drug-likeness (QED) is 0.885. The summed E-state index contributed by atoms with van der Waals surface area (Å²) in [6.45, 7) is 1.71. The van der Waals surface area contributed by atoms with Crippen molar-refractivity contribution in [1.82, 2.24) is 5.32 Å². The number of carbonyl (C=O) groups excluding carboxylic acids is 1. The van der Waals surface area contributed by atoms with Gasteiger partial charge in [0.15, 0.2) is 0 Å². The number of amides is 1. The average Bonchev–Trinajstić information content (AvgIpc) is 3.09. The number of hydrogen-bond donors (Lipinski definition) is 2. The molecule has 0 atom stereocenters. The van der Waals surface area contributed by atoms with Gasteiger partial charge < -0.3 is 10.6 Å². The number of anilines is 1. The third-order valence-electron chi connectivity index (χ3n) is 3.67. The third kappa shape index (κ3) is 4.33. The second-order valence-electron chi connectivity index (χ2n) is 5.41. The molecule has 0 unspecified atom stereocenters. The minimum Gasteiger partial charge on any atom is -0.368 e. The molecular weight excluding hydrogens is 310 g/mol. The van der Waals surface area contributed by atoms with Crippen LogP contribution in [0.1, 0.15) is 17.5 Å². The molecule has 0 radical (unpaired) electrons. The van der Waals surface area contributed by atoms with Gasteiger partial charge in [0, 0.05) is 29.2 Å². The van der Waals surface area contributed by atoms with Crippen LogP contribution in [0.25, 0.3) is 0 Å². The number of nitrogens with one attached hydrogen (secondary N) is 2. The Bertz CT molecular complexity index is 708. The minimum absolute atomic E-state index is 0.00373. The molecule has 2 N–H and O–H groups in total. The van der Waals surface area contributed by atoms with E-state index >= 15 is 0 Å². The maximum Gasteiger partial charge on any atom is 0.224 e. The van der Waals surface area contributed by atoms with Crippen LogP contribution >= 0.6 is 11.6 Å². The summed E-state index contributed by atoms with van der Waals surface area (Å²) >= 11 is 5.85. The lowest BCUT2D eigenvalue weighted by atomic mass is 10.1. The first-order valence-corrected chi connectivity index (χ1v) is 8.01. The number of aliphatic imine (C=N–C) groups is 1. The molecule has 1 aliphatic heterocycles. The van der Waals surface area contributed by atoms with E-state index < -0.39 is 0 Å². The Morgan fingerprint density at radius 3 is 2.52 bits per heavy atom. The number of hydrogen-bond acceptors (Lipinski definition) is 3. The minimum atomic E-state index is 0.00373. The monoisotopic (exact) mass is 327 g/mol. The summed E-state index contributed by atoms with van der Waals surface area (Å²) in [6.07, 6.45) is 1.14. The highest BCUT2D eigenvalue weighted by Gasteiger charge is 2.08. The Kier molecular flexibility index (Phi) is 4.93. The van der Waals surface area contributed by atoms with Crippen molar-refractivity contribution in [2.45, 2.75) is 12.8 Å². The van der Waals surface area contributed by atoms with Crippen molar-refractivity contribution in [3.8, 4) is 0 Å². The van der Waals surface area contributed by atoms with Gasteiger partial charge in [-0.1, -0.05) is 23.7 Å². The predicted molar refractivity (Wildman–Crippen MR) is 94.3 cm³/mol. The summed E-state index contributed by atoms with van der Waals surface area (Å²) in [7, 11) is 0. The van der Waals surface area contributed by atoms with Gasteiger partial charge in [-0.05, 0) is 48.4 Å². The van der Waals surface area contributed by atoms with Crippen molar-refractivity contribution in [3.63, 3.8) is 0 Å². The highest BCUT2D eigenvalue weighted by atomic mass is 35.5. The van der Waals surface area contributed by atoms with E-state index in [1.165, 1.54) is 0 Å². The molecule has 2 aromatic carbocycles. The summed E-state index contributed by atoms with van der Waals surface area (Å²) in [4.78, 5) is 16.4. The second-order valence-corrected chi connectivity index (χ2v) is 5.85. The first kappa shape index (κ1) is 15.6. The fourth-order valence-electron chi connectivity index (χ4n) is 2.44. The lowest BCUT2D eigenvalue weighted by molar-refractivity contribution is -0.116. The maximum atomic E-state index is 12.0. The van der Waals surface area contributed by atoms with Crippen LogP contribution < -0.4 is 10.6 Å². The number of halogens is 1. The molecule has 0 aromatic heterocycles. The van der Waals surface area contributed by atoms with Gasteiger partial charge in [0.1, 0.15) is 5.84 Å². The summed E-state index contributed by atoms with van der Waals surface area (Å²) in [5.74, 6) is 0.926. The fourth-order valence-corrected chi connectivity index (χ4v) is 2.56. The van der Waals surface area contributed by atoms with E-state index in [4.69, 9.17) is 11.6 Å². The zero-order chi connectivity index (χ0) is 16.1. The van der Waals surface area contributed by atoms with Crippen molar-refractivity contribution in [2.24, 2.45) is 4.99 Å². The normalized spacial score (nSPS) is 13.3. The molecule has 23 heavy (non-hydrogen) atoms. The van der Waals surface area contributed by atoms with Gasteiger partial charge in [-0.2, -0.15) is 0 Å². The van der Waals surface area contributed by atoms with Gasteiger partial charge in [-0.3, -0.25) is 9.79 Å². The Morgan fingerprint density at radius 2 is 1.87 bits per heavy atom. The highest BCUT2D eigenvalue weighted by Crippen LogP contribution is 2.13. The summed E-state index contributed by atoms with van der Waals surface area (Å²) < 4.78 is 0. The Morgan fingerprint density at radius 1 is 1.13 bits per heavy atom. The van der Waals surface area contributed by atoms with Crippen LogP contribution in [0, 0.1) is 0 Å². The average molecular weight is 328 g/mol. The SMILES string of the molecule is O=C(CCc1ccc(Cl)cc1)Nc1ccc(C2=NCCN2)cc1. The number of amidine groups is 1. The van der Waals surface area contributed by atoms with Gasteiger partial charge in [-0.15, -0.1) is 0 Å². The van der Waals surface area contributed by atoms with Crippen LogP contribution in [0.3, 0.4) is 0 Å². The smallest absolute Gasteiger partial charge is 0.224 e. The molecule has 1 amide bonds. The van der Waals surface area contributed by atoms with E-state index in [2.05, 4.69) is 15.6 Å². The molecule has 2 aromatic rings. The van der Waals surface area contributed by atoms with E-state index in [1.807, 2.05) is 48.5 Å². The van der Waals surface area contributed by atoms with Crippen LogP contribution in [-0.4, -0.2) is 24.8 Å². The van der Waals surface area contributed by atoms with Crippen LogP contribution in [0.5, 0.6) is 0 Å². The largest absolute Gasteiger partial charge is 0.368 e. The maximum absolute atomic E-state index is 12.0. The van der Waals surface area contributed by atoms with Gasteiger partial charge in [0.25, 0.3) is 0 Å². The van der Waals surface area contributed by atoms with E-state index in [9.17, 15) is 4.79 Å². The Balaban J connectivity index is 1.52. The number of aryl methyl sites for hydroxylation is 1. The molecule has 0 saturated carbocycles. The lowest BCUT2D eigenvalue weighted by Crippen LogP contribution is -2.19. The van der Waals surface area contributed by atoms with Crippen molar-refractivity contribution in [1.29, 1.82) is 0 Å². The molecule has 0 aliphatic carbocycles. The topological polar surface area (TPSA) is 53.5 Å². The van der Waals surface area contributed by atoms with E-state index in [1.54, 1.807) is 0 Å². The fraction of sp³-hybridized carbons (Fsp3) is 0.222. The van der Waals surface area contributed by atoms with Crippen molar-refractivity contribution >= 4 is 29.0 Å². The molecule has 4 nitrogen and oxygen atoms in total. The molecule has 0 bridgehead atoms. The first-order valence-electron chi connectivity index (χ1n) is 7.64. The van der Waals surface area contributed by atoms with Crippen LogP contribution in [-0.2, 0) is 11.2 Å². The summed E-state index contributed by atoms with van der Waals surface area (Å²) in [5, 5.41) is 6.85. The highest BCUT2D eigenvalue weighted by molar-refractivity contribution is 6.30. The third-order valence-corrected chi connectivity index (χ3v) is 3.92. The molecule has 0 spiro atoms.